The number of carbonyl (C=O) groups is 2. The number of urea groups is 1. The van der Waals surface area contributed by atoms with Gasteiger partial charge in [-0.1, -0.05) is 6.92 Å². The van der Waals surface area contributed by atoms with Gasteiger partial charge in [0, 0.05) is 0 Å². The molecule has 2 N–H and O–H groups in total. The van der Waals surface area contributed by atoms with Gasteiger partial charge in [-0.05, 0) is 53.0 Å². The Balaban J connectivity index is 2.35. The van der Waals surface area contributed by atoms with Crippen LogP contribution in [0.1, 0.15) is 25.8 Å². The Labute approximate surface area is 137 Å². The Morgan fingerprint density at radius 2 is 2.05 bits per heavy atom. The van der Waals surface area contributed by atoms with Crippen LogP contribution in [0.4, 0.5) is 4.79 Å². The van der Waals surface area contributed by atoms with Crippen LogP contribution in [-0.4, -0.2) is 25.2 Å². The highest BCUT2D eigenvalue weighted by Gasteiger charge is 2.23. The van der Waals surface area contributed by atoms with Crippen molar-refractivity contribution in [3.63, 3.8) is 0 Å². The molecule has 0 saturated carbocycles. The summed E-state index contributed by atoms with van der Waals surface area (Å²) >= 11 is 3.45. The van der Waals surface area contributed by atoms with Gasteiger partial charge in [0.2, 0.25) is 0 Å². The summed E-state index contributed by atoms with van der Waals surface area (Å²) in [6.45, 7) is 4.01. The molecule has 1 aromatic rings. The molecule has 6 nitrogen and oxygen atoms in total. The van der Waals surface area contributed by atoms with Crippen LogP contribution < -0.4 is 20.1 Å². The quantitative estimate of drug-likeness (QED) is 0.618. The third kappa shape index (κ3) is 3.59. The van der Waals surface area contributed by atoms with Gasteiger partial charge in [0.1, 0.15) is 5.70 Å². The van der Waals surface area contributed by atoms with Gasteiger partial charge >= 0.3 is 6.03 Å². The van der Waals surface area contributed by atoms with Crippen LogP contribution in [0.2, 0.25) is 0 Å². The first-order valence-corrected chi connectivity index (χ1v) is 7.62. The molecule has 1 heterocycles. The Hall–Kier alpha value is -2.02. The van der Waals surface area contributed by atoms with Crippen molar-refractivity contribution in [2.45, 2.75) is 26.4 Å². The molecular weight excluding hydrogens is 352 g/mol. The second-order valence-corrected chi connectivity index (χ2v) is 5.69. The van der Waals surface area contributed by atoms with Crippen LogP contribution in [-0.2, 0) is 4.79 Å². The Bertz CT molecular complexity index is 643. The Kier molecular flexibility index (Phi) is 5.07. The van der Waals surface area contributed by atoms with E-state index in [9.17, 15) is 9.59 Å². The van der Waals surface area contributed by atoms with E-state index in [0.29, 0.717) is 21.5 Å². The van der Waals surface area contributed by atoms with Crippen molar-refractivity contribution in [1.29, 1.82) is 0 Å². The SMILES string of the molecule is CC[C@@H](C)Oc1c(Br)cc(/C=C2/NC(=O)NC2=O)cc1OC. The van der Waals surface area contributed by atoms with Gasteiger partial charge in [0.25, 0.3) is 5.91 Å². The number of imide groups is 1. The van der Waals surface area contributed by atoms with E-state index in [1.807, 2.05) is 13.8 Å². The van der Waals surface area contributed by atoms with Gasteiger partial charge in [0.15, 0.2) is 11.5 Å². The number of nitrogens with one attached hydrogen (secondary N) is 2. The molecule has 7 heteroatoms. The normalized spacial score (nSPS) is 17.2. The summed E-state index contributed by atoms with van der Waals surface area (Å²) in [4.78, 5) is 22.7. The third-order valence-corrected chi connectivity index (χ3v) is 3.77. The van der Waals surface area contributed by atoms with E-state index in [0.717, 1.165) is 6.42 Å². The van der Waals surface area contributed by atoms with Crippen molar-refractivity contribution in [3.05, 3.63) is 27.9 Å². The topological polar surface area (TPSA) is 76.7 Å². The maximum absolute atomic E-state index is 11.5. The monoisotopic (exact) mass is 368 g/mol. The molecule has 1 atom stereocenters. The minimum absolute atomic E-state index is 0.0503. The predicted molar refractivity (Wildman–Crippen MR) is 85.7 cm³/mol. The molecule has 2 rings (SSSR count). The van der Waals surface area contributed by atoms with E-state index in [1.54, 1.807) is 25.3 Å². The van der Waals surface area contributed by atoms with Gasteiger partial charge in [0.05, 0.1) is 17.7 Å². The van der Waals surface area contributed by atoms with Crippen LogP contribution in [0.25, 0.3) is 6.08 Å². The molecule has 0 unspecified atom stereocenters. The molecule has 0 spiro atoms. The standard InChI is InChI=1S/C15H17BrN2O4/c1-4-8(2)22-13-10(16)5-9(7-12(13)21-3)6-11-14(19)18-15(20)17-11/h5-8H,4H2,1-3H3,(H2,17,18,19,20)/b11-6+/t8-/m1/s1. The van der Waals surface area contributed by atoms with E-state index in [-0.39, 0.29) is 11.8 Å². The number of carbonyl (C=O) groups excluding carboxylic acids is 2. The molecule has 1 aliphatic rings. The van der Waals surface area contributed by atoms with E-state index in [2.05, 4.69) is 26.6 Å². The molecular formula is C15H17BrN2O4. The number of benzene rings is 1. The van der Waals surface area contributed by atoms with Gasteiger partial charge in [-0.15, -0.1) is 0 Å². The van der Waals surface area contributed by atoms with Crippen molar-refractivity contribution < 1.29 is 19.1 Å². The number of methoxy groups -OCH3 is 1. The molecule has 1 aromatic carbocycles. The summed E-state index contributed by atoms with van der Waals surface area (Å²) in [5.74, 6) is 0.699. The van der Waals surface area contributed by atoms with E-state index < -0.39 is 11.9 Å². The fourth-order valence-corrected chi connectivity index (χ4v) is 2.42. The summed E-state index contributed by atoms with van der Waals surface area (Å²) < 4.78 is 11.9. The summed E-state index contributed by atoms with van der Waals surface area (Å²) in [6.07, 6.45) is 2.49. The first-order chi connectivity index (χ1) is 10.4. The molecule has 118 valence electrons. The first kappa shape index (κ1) is 16.4. The first-order valence-electron chi connectivity index (χ1n) is 6.82. The zero-order valence-electron chi connectivity index (χ0n) is 12.5. The van der Waals surface area contributed by atoms with Crippen LogP contribution in [0.3, 0.4) is 0 Å². The number of rotatable bonds is 5. The zero-order chi connectivity index (χ0) is 16.3. The molecule has 22 heavy (non-hydrogen) atoms. The maximum atomic E-state index is 11.5. The van der Waals surface area contributed by atoms with Crippen LogP contribution in [0.15, 0.2) is 22.3 Å². The number of hydrogen-bond acceptors (Lipinski definition) is 4. The van der Waals surface area contributed by atoms with Gasteiger partial charge in [-0.2, -0.15) is 0 Å². The average Bonchev–Trinajstić information content (AvgIpc) is 2.79. The van der Waals surface area contributed by atoms with E-state index >= 15 is 0 Å². The second kappa shape index (κ2) is 6.83. The highest BCUT2D eigenvalue weighted by Crippen LogP contribution is 2.38. The second-order valence-electron chi connectivity index (χ2n) is 4.84. The minimum atomic E-state index is -0.529. The zero-order valence-corrected chi connectivity index (χ0v) is 14.1. The van der Waals surface area contributed by atoms with Gasteiger partial charge < -0.3 is 14.8 Å². The van der Waals surface area contributed by atoms with Gasteiger partial charge in [-0.3, -0.25) is 10.1 Å². The van der Waals surface area contributed by atoms with Crippen LogP contribution in [0, 0.1) is 0 Å². The predicted octanol–water partition coefficient (Wildman–Crippen LogP) is 2.82. The summed E-state index contributed by atoms with van der Waals surface area (Å²) in [6, 6.07) is 3.01. The smallest absolute Gasteiger partial charge is 0.326 e. The molecule has 0 radical (unpaired) electrons. The molecule has 0 aromatic heterocycles. The molecule has 0 bridgehead atoms. The van der Waals surface area contributed by atoms with Crippen LogP contribution in [0.5, 0.6) is 11.5 Å². The molecule has 1 saturated heterocycles. The third-order valence-electron chi connectivity index (χ3n) is 3.18. The van der Waals surface area contributed by atoms with E-state index in [4.69, 9.17) is 9.47 Å². The van der Waals surface area contributed by atoms with Crippen molar-refractivity contribution >= 4 is 33.9 Å². The molecule has 0 aliphatic carbocycles. The highest BCUT2D eigenvalue weighted by molar-refractivity contribution is 9.10. The fraction of sp³-hybridized carbons (Fsp3) is 0.333. The highest BCUT2D eigenvalue weighted by atomic mass is 79.9. The van der Waals surface area contributed by atoms with Crippen LogP contribution >= 0.6 is 15.9 Å². The van der Waals surface area contributed by atoms with Crippen molar-refractivity contribution in [3.8, 4) is 11.5 Å². The molecule has 1 aliphatic heterocycles. The van der Waals surface area contributed by atoms with Crippen molar-refractivity contribution in [1.82, 2.24) is 10.6 Å². The Morgan fingerprint density at radius 3 is 2.59 bits per heavy atom. The van der Waals surface area contributed by atoms with E-state index in [1.165, 1.54) is 0 Å². The maximum Gasteiger partial charge on any atom is 0.326 e. The number of ether oxygens (including phenoxy) is 2. The fourth-order valence-electron chi connectivity index (χ4n) is 1.87. The lowest BCUT2D eigenvalue weighted by Gasteiger charge is -2.17. The lowest BCUT2D eigenvalue weighted by atomic mass is 10.1. The lowest BCUT2D eigenvalue weighted by molar-refractivity contribution is -0.115. The lowest BCUT2D eigenvalue weighted by Crippen LogP contribution is -2.22. The van der Waals surface area contributed by atoms with Crippen molar-refractivity contribution in [2.75, 3.05) is 7.11 Å². The summed E-state index contributed by atoms with van der Waals surface area (Å²) in [5, 5.41) is 4.59. The summed E-state index contributed by atoms with van der Waals surface area (Å²) in [7, 11) is 1.55. The molecule has 1 fully saturated rings. The minimum Gasteiger partial charge on any atom is -0.493 e. The number of hydrogen-bond donors (Lipinski definition) is 2. The van der Waals surface area contributed by atoms with Crippen molar-refractivity contribution in [2.24, 2.45) is 0 Å². The Morgan fingerprint density at radius 1 is 1.32 bits per heavy atom. The van der Waals surface area contributed by atoms with Gasteiger partial charge in [-0.25, -0.2) is 4.79 Å². The number of halogens is 1. The molecule has 3 amide bonds. The average molecular weight is 369 g/mol. The summed E-state index contributed by atoms with van der Waals surface area (Å²) in [5.41, 5.74) is 0.891. The largest absolute Gasteiger partial charge is 0.493 e. The number of amides is 3.